The number of nitrogens with one attached hydrogen (secondary N) is 1. The summed E-state index contributed by atoms with van der Waals surface area (Å²) < 4.78 is 1.27. The number of halogens is 2. The largest absolute Gasteiger partial charge is 0.314 e. The van der Waals surface area contributed by atoms with E-state index >= 15 is 0 Å². The van der Waals surface area contributed by atoms with Crippen molar-refractivity contribution < 1.29 is 4.92 Å². The molecule has 1 aromatic heterocycles. The number of aromatic nitrogens is 3. The third kappa shape index (κ3) is 2.83. The molecule has 1 aromatic carbocycles. The maximum atomic E-state index is 11.0. The molecule has 2 rings (SSSR count). The van der Waals surface area contributed by atoms with E-state index < -0.39 is 4.92 Å². The number of nitro groups is 1. The van der Waals surface area contributed by atoms with Gasteiger partial charge < -0.3 is 5.32 Å². The van der Waals surface area contributed by atoms with Crippen molar-refractivity contribution in [2.45, 2.75) is 6.54 Å². The Labute approximate surface area is 118 Å². The number of nitrogens with zero attached hydrogens (tertiary/aromatic N) is 4. The molecule has 0 aliphatic carbocycles. The average Bonchev–Trinajstić information content (AvgIpc) is 2.76. The van der Waals surface area contributed by atoms with Crippen LogP contribution < -0.4 is 5.32 Å². The molecule has 0 spiro atoms. The van der Waals surface area contributed by atoms with Crippen LogP contribution in [0.1, 0.15) is 5.69 Å². The van der Waals surface area contributed by atoms with Crippen molar-refractivity contribution in [1.29, 1.82) is 0 Å². The molecule has 7 nitrogen and oxygen atoms in total. The van der Waals surface area contributed by atoms with Crippen LogP contribution >= 0.6 is 23.2 Å². The number of benzene rings is 1. The van der Waals surface area contributed by atoms with Gasteiger partial charge in [-0.3, -0.25) is 10.1 Å². The van der Waals surface area contributed by atoms with Crippen molar-refractivity contribution in [2.75, 3.05) is 7.05 Å². The van der Waals surface area contributed by atoms with Gasteiger partial charge in [-0.15, -0.1) is 5.10 Å². The monoisotopic (exact) mass is 301 g/mol. The first kappa shape index (κ1) is 13.7. The van der Waals surface area contributed by atoms with E-state index in [-0.39, 0.29) is 21.4 Å². The molecule has 0 radical (unpaired) electrons. The van der Waals surface area contributed by atoms with Gasteiger partial charge in [0.15, 0.2) is 5.69 Å². The fourth-order valence-electron chi connectivity index (χ4n) is 1.59. The van der Waals surface area contributed by atoms with Gasteiger partial charge in [-0.25, -0.2) is 4.68 Å². The summed E-state index contributed by atoms with van der Waals surface area (Å²) in [4.78, 5) is 10.5. The first-order valence-electron chi connectivity index (χ1n) is 5.22. The van der Waals surface area contributed by atoms with E-state index in [1.54, 1.807) is 13.2 Å². The minimum atomic E-state index is -0.563. The van der Waals surface area contributed by atoms with Crippen LogP contribution in [0.4, 0.5) is 5.69 Å². The summed E-state index contributed by atoms with van der Waals surface area (Å²) in [5.74, 6) is 0. The minimum Gasteiger partial charge on any atom is -0.314 e. The van der Waals surface area contributed by atoms with E-state index in [9.17, 15) is 10.1 Å². The Morgan fingerprint density at radius 1 is 1.47 bits per heavy atom. The normalized spacial score (nSPS) is 10.7. The quantitative estimate of drug-likeness (QED) is 0.691. The number of hydrogen-bond acceptors (Lipinski definition) is 5. The predicted molar refractivity (Wildman–Crippen MR) is 70.8 cm³/mol. The topological polar surface area (TPSA) is 85.9 Å². The highest BCUT2D eigenvalue weighted by molar-refractivity contribution is 6.36. The summed E-state index contributed by atoms with van der Waals surface area (Å²) >= 11 is 11.8. The standard InChI is InChI=1S/C10H9Cl2N5O2/c1-13-4-7-5-16(15-14-7)10-8(12)2-6(11)3-9(10)17(18)19/h2-3,5,13H,4H2,1H3. The van der Waals surface area contributed by atoms with Crippen molar-refractivity contribution in [3.05, 3.63) is 44.2 Å². The second-order valence-electron chi connectivity index (χ2n) is 3.70. The molecule has 0 fully saturated rings. The van der Waals surface area contributed by atoms with Crippen molar-refractivity contribution in [3.8, 4) is 5.69 Å². The highest BCUT2D eigenvalue weighted by atomic mass is 35.5. The molecule has 0 aliphatic rings. The van der Waals surface area contributed by atoms with Crippen molar-refractivity contribution in [2.24, 2.45) is 0 Å². The van der Waals surface area contributed by atoms with Gasteiger partial charge in [0.05, 0.1) is 21.8 Å². The van der Waals surface area contributed by atoms with Crippen LogP contribution in [-0.2, 0) is 6.54 Å². The zero-order valence-corrected chi connectivity index (χ0v) is 11.3. The summed E-state index contributed by atoms with van der Waals surface area (Å²) in [6.07, 6.45) is 1.57. The first-order valence-corrected chi connectivity index (χ1v) is 5.98. The minimum absolute atomic E-state index is 0.139. The maximum absolute atomic E-state index is 11.0. The number of nitro benzene ring substituents is 1. The SMILES string of the molecule is CNCc1cn(-c2c(Cl)cc(Cl)cc2[N+](=O)[O-])nn1. The van der Waals surface area contributed by atoms with E-state index in [1.165, 1.54) is 16.8 Å². The summed E-state index contributed by atoms with van der Waals surface area (Å²) in [6, 6.07) is 2.65. The third-order valence-electron chi connectivity index (χ3n) is 2.33. The summed E-state index contributed by atoms with van der Waals surface area (Å²) in [6.45, 7) is 0.499. The highest BCUT2D eigenvalue weighted by Crippen LogP contribution is 2.33. The van der Waals surface area contributed by atoms with E-state index in [4.69, 9.17) is 23.2 Å². The van der Waals surface area contributed by atoms with Gasteiger partial charge in [0.2, 0.25) is 0 Å². The smallest absolute Gasteiger partial charge is 0.297 e. The predicted octanol–water partition coefficient (Wildman–Crippen LogP) is 2.20. The maximum Gasteiger partial charge on any atom is 0.297 e. The molecule has 0 aliphatic heterocycles. The highest BCUT2D eigenvalue weighted by Gasteiger charge is 2.21. The van der Waals surface area contributed by atoms with Gasteiger partial charge in [-0.1, -0.05) is 28.4 Å². The van der Waals surface area contributed by atoms with E-state index in [2.05, 4.69) is 15.6 Å². The van der Waals surface area contributed by atoms with Crippen LogP contribution in [0.25, 0.3) is 5.69 Å². The molecule has 0 bridgehead atoms. The van der Waals surface area contributed by atoms with Crippen LogP contribution in [0.15, 0.2) is 18.3 Å². The Hall–Kier alpha value is -1.70. The average molecular weight is 302 g/mol. The molecule has 0 unspecified atom stereocenters. The Morgan fingerprint density at radius 3 is 2.84 bits per heavy atom. The number of rotatable bonds is 4. The first-order chi connectivity index (χ1) is 9.02. The van der Waals surface area contributed by atoms with Crippen LogP contribution in [0.3, 0.4) is 0 Å². The van der Waals surface area contributed by atoms with Crippen LogP contribution in [0, 0.1) is 10.1 Å². The molecule has 0 amide bonds. The second-order valence-corrected chi connectivity index (χ2v) is 4.54. The summed E-state index contributed by atoms with van der Waals surface area (Å²) in [5, 5.41) is 22.0. The Balaban J connectivity index is 2.56. The van der Waals surface area contributed by atoms with Gasteiger partial charge >= 0.3 is 0 Å². The molecule has 0 saturated heterocycles. The summed E-state index contributed by atoms with van der Waals surface area (Å²) in [7, 11) is 1.76. The lowest BCUT2D eigenvalue weighted by Gasteiger charge is -2.05. The van der Waals surface area contributed by atoms with Crippen LogP contribution in [-0.4, -0.2) is 27.0 Å². The molecule has 2 aromatic rings. The van der Waals surface area contributed by atoms with Crippen LogP contribution in [0.2, 0.25) is 10.0 Å². The molecular weight excluding hydrogens is 293 g/mol. The van der Waals surface area contributed by atoms with Gasteiger partial charge in [0, 0.05) is 17.6 Å². The third-order valence-corrected chi connectivity index (χ3v) is 2.84. The van der Waals surface area contributed by atoms with Gasteiger partial charge in [0.25, 0.3) is 5.69 Å². The lowest BCUT2D eigenvalue weighted by Crippen LogP contribution is -2.05. The van der Waals surface area contributed by atoms with E-state index in [0.29, 0.717) is 12.2 Å². The van der Waals surface area contributed by atoms with Crippen LogP contribution in [0.5, 0.6) is 0 Å². The fourth-order valence-corrected chi connectivity index (χ4v) is 2.16. The molecule has 19 heavy (non-hydrogen) atoms. The van der Waals surface area contributed by atoms with Gasteiger partial charge in [-0.05, 0) is 13.1 Å². The van der Waals surface area contributed by atoms with E-state index in [0.717, 1.165) is 0 Å². The van der Waals surface area contributed by atoms with Gasteiger partial charge in [0.1, 0.15) is 0 Å². The van der Waals surface area contributed by atoms with Crippen molar-refractivity contribution in [3.63, 3.8) is 0 Å². The zero-order chi connectivity index (χ0) is 14.0. The number of hydrogen-bond donors (Lipinski definition) is 1. The Morgan fingerprint density at radius 2 is 2.21 bits per heavy atom. The molecule has 1 N–H and O–H groups in total. The Kier molecular flexibility index (Phi) is 3.98. The van der Waals surface area contributed by atoms with Crippen molar-refractivity contribution >= 4 is 28.9 Å². The molecule has 1 heterocycles. The van der Waals surface area contributed by atoms with E-state index in [1.807, 2.05) is 0 Å². The molecular formula is C10H9Cl2N5O2. The lowest BCUT2D eigenvalue weighted by molar-refractivity contribution is -0.384. The van der Waals surface area contributed by atoms with Crippen molar-refractivity contribution in [1.82, 2.24) is 20.3 Å². The molecule has 9 heteroatoms. The summed E-state index contributed by atoms with van der Waals surface area (Å²) in [5.41, 5.74) is 0.562. The van der Waals surface area contributed by atoms with Gasteiger partial charge in [-0.2, -0.15) is 0 Å². The lowest BCUT2D eigenvalue weighted by atomic mass is 10.2. The molecule has 0 saturated carbocycles. The second kappa shape index (κ2) is 5.52. The fraction of sp³-hybridized carbons (Fsp3) is 0.200. The molecule has 0 atom stereocenters. The molecule has 100 valence electrons. The Bertz CT molecular complexity index is 628. The zero-order valence-electron chi connectivity index (χ0n) is 9.80.